The molecule has 0 aliphatic rings. The van der Waals surface area contributed by atoms with E-state index in [1.54, 1.807) is 6.92 Å². The van der Waals surface area contributed by atoms with Crippen molar-refractivity contribution in [1.82, 2.24) is 0 Å². The van der Waals surface area contributed by atoms with E-state index in [0.717, 1.165) is 0 Å². The molecular formula is C11H21N3O3. The molecule has 6 nitrogen and oxygen atoms in total. The summed E-state index contributed by atoms with van der Waals surface area (Å²) in [5.41, 5.74) is 15.6. The van der Waals surface area contributed by atoms with Gasteiger partial charge in [-0.25, -0.2) is 0 Å². The van der Waals surface area contributed by atoms with Crippen molar-refractivity contribution in [2.24, 2.45) is 35.0 Å². The molecule has 0 bridgehead atoms. The number of hydrogen-bond acceptors (Lipinski definition) is 3. The maximum atomic E-state index is 11.2. The van der Waals surface area contributed by atoms with Gasteiger partial charge < -0.3 is 17.2 Å². The van der Waals surface area contributed by atoms with Crippen LogP contribution in [0.3, 0.4) is 0 Å². The van der Waals surface area contributed by atoms with Gasteiger partial charge in [-0.3, -0.25) is 14.4 Å². The molecule has 0 aromatic carbocycles. The van der Waals surface area contributed by atoms with Gasteiger partial charge in [0.15, 0.2) is 0 Å². The lowest BCUT2D eigenvalue weighted by atomic mass is 9.85. The molecule has 98 valence electrons. The van der Waals surface area contributed by atoms with Crippen LogP contribution in [0.4, 0.5) is 0 Å². The van der Waals surface area contributed by atoms with Crippen LogP contribution < -0.4 is 17.2 Å². The summed E-state index contributed by atoms with van der Waals surface area (Å²) in [5.74, 6) is -2.85. The van der Waals surface area contributed by atoms with Crippen LogP contribution in [0.1, 0.15) is 33.1 Å². The first-order valence-electron chi connectivity index (χ1n) is 5.67. The van der Waals surface area contributed by atoms with E-state index in [0.29, 0.717) is 6.42 Å². The van der Waals surface area contributed by atoms with E-state index in [1.807, 2.05) is 6.92 Å². The minimum absolute atomic E-state index is 0.258. The predicted molar refractivity (Wildman–Crippen MR) is 63.3 cm³/mol. The second-order valence-corrected chi connectivity index (χ2v) is 4.38. The van der Waals surface area contributed by atoms with Gasteiger partial charge in [-0.05, 0) is 19.3 Å². The first kappa shape index (κ1) is 15.4. The molecule has 0 spiro atoms. The molecule has 0 heterocycles. The molecule has 0 aromatic heterocycles. The molecule has 3 atom stereocenters. The second-order valence-electron chi connectivity index (χ2n) is 4.38. The molecule has 0 aromatic rings. The van der Waals surface area contributed by atoms with E-state index in [4.69, 9.17) is 17.2 Å². The van der Waals surface area contributed by atoms with Gasteiger partial charge in [0.1, 0.15) is 0 Å². The molecule has 0 aliphatic carbocycles. The molecule has 6 heteroatoms. The van der Waals surface area contributed by atoms with Gasteiger partial charge in [0, 0.05) is 17.8 Å². The summed E-state index contributed by atoms with van der Waals surface area (Å²) in [5, 5.41) is 0. The minimum atomic E-state index is -0.546. The van der Waals surface area contributed by atoms with Crippen LogP contribution in [0.5, 0.6) is 0 Å². The quantitative estimate of drug-likeness (QED) is 0.531. The number of carbonyl (C=O) groups is 3. The van der Waals surface area contributed by atoms with Gasteiger partial charge in [-0.2, -0.15) is 0 Å². The zero-order valence-corrected chi connectivity index (χ0v) is 10.3. The highest BCUT2D eigenvalue weighted by Gasteiger charge is 2.26. The average molecular weight is 243 g/mol. The molecular weight excluding hydrogens is 222 g/mol. The number of primary amides is 3. The lowest BCUT2D eigenvalue weighted by Crippen LogP contribution is -2.33. The smallest absolute Gasteiger partial charge is 0.220 e. The molecule has 0 fully saturated rings. The molecule has 6 N–H and O–H groups in total. The standard InChI is InChI=1S/C11H21N3O3/c1-3-7(10(13)16)5-8(11(14)17)4-6(2)9(12)15/h6-8H,3-5H2,1-2H3,(H2,12,15)(H2,13,16)(H2,14,17). The second kappa shape index (κ2) is 6.88. The number of nitrogens with two attached hydrogens (primary N) is 3. The van der Waals surface area contributed by atoms with Crippen LogP contribution in [-0.4, -0.2) is 17.7 Å². The topological polar surface area (TPSA) is 129 Å². The summed E-state index contributed by atoms with van der Waals surface area (Å²) in [6.45, 7) is 3.44. The fourth-order valence-corrected chi connectivity index (χ4v) is 1.70. The summed E-state index contributed by atoms with van der Waals surface area (Å²) >= 11 is 0. The van der Waals surface area contributed by atoms with Crippen molar-refractivity contribution in [3.05, 3.63) is 0 Å². The number of amides is 3. The zero-order chi connectivity index (χ0) is 13.6. The fraction of sp³-hybridized carbons (Fsp3) is 0.727. The highest BCUT2D eigenvalue weighted by molar-refractivity contribution is 5.81. The Morgan fingerprint density at radius 2 is 1.35 bits per heavy atom. The minimum Gasteiger partial charge on any atom is -0.369 e. The SMILES string of the molecule is CCC(CC(CC(C)C(N)=O)C(N)=O)C(N)=O. The predicted octanol–water partition coefficient (Wildman–Crippen LogP) is -0.499. The number of rotatable bonds is 8. The Bertz CT molecular complexity index is 304. The van der Waals surface area contributed by atoms with Crippen LogP contribution in [0, 0.1) is 17.8 Å². The van der Waals surface area contributed by atoms with Crippen molar-refractivity contribution >= 4 is 17.7 Å². The van der Waals surface area contributed by atoms with Crippen LogP contribution in [0.15, 0.2) is 0 Å². The maximum absolute atomic E-state index is 11.2. The Labute approximate surface area is 101 Å². The van der Waals surface area contributed by atoms with E-state index in [2.05, 4.69) is 0 Å². The Balaban J connectivity index is 4.59. The van der Waals surface area contributed by atoms with Gasteiger partial charge in [-0.15, -0.1) is 0 Å². The van der Waals surface area contributed by atoms with E-state index in [9.17, 15) is 14.4 Å². The van der Waals surface area contributed by atoms with Crippen LogP contribution in [0.25, 0.3) is 0 Å². The van der Waals surface area contributed by atoms with E-state index in [1.165, 1.54) is 0 Å². The van der Waals surface area contributed by atoms with Crippen LogP contribution >= 0.6 is 0 Å². The third-order valence-corrected chi connectivity index (χ3v) is 2.99. The van der Waals surface area contributed by atoms with Crippen LogP contribution in [0.2, 0.25) is 0 Å². The van der Waals surface area contributed by atoms with Gasteiger partial charge >= 0.3 is 0 Å². The molecule has 0 saturated carbocycles. The monoisotopic (exact) mass is 243 g/mol. The van der Waals surface area contributed by atoms with Crippen molar-refractivity contribution in [1.29, 1.82) is 0 Å². The maximum Gasteiger partial charge on any atom is 0.220 e. The molecule has 0 rings (SSSR count). The fourth-order valence-electron chi connectivity index (χ4n) is 1.70. The van der Waals surface area contributed by atoms with Gasteiger partial charge in [0.05, 0.1) is 0 Å². The van der Waals surface area contributed by atoms with E-state index < -0.39 is 35.5 Å². The summed E-state index contributed by atoms with van der Waals surface area (Å²) < 4.78 is 0. The Morgan fingerprint density at radius 3 is 1.65 bits per heavy atom. The summed E-state index contributed by atoms with van der Waals surface area (Å²) in [6, 6.07) is 0. The molecule has 0 saturated heterocycles. The number of carbonyl (C=O) groups excluding carboxylic acids is 3. The normalized spacial score (nSPS) is 15.9. The first-order chi connectivity index (χ1) is 7.79. The average Bonchev–Trinajstić information content (AvgIpc) is 2.22. The lowest BCUT2D eigenvalue weighted by molar-refractivity contribution is -0.126. The van der Waals surface area contributed by atoms with Gasteiger partial charge in [0.2, 0.25) is 17.7 Å². The number of hydrogen-bond donors (Lipinski definition) is 3. The third kappa shape index (κ3) is 5.33. The highest BCUT2D eigenvalue weighted by atomic mass is 16.2. The van der Waals surface area contributed by atoms with Crippen molar-refractivity contribution < 1.29 is 14.4 Å². The molecule has 3 amide bonds. The first-order valence-corrected chi connectivity index (χ1v) is 5.67. The molecule has 0 radical (unpaired) electrons. The van der Waals surface area contributed by atoms with Gasteiger partial charge in [0.25, 0.3) is 0 Å². The largest absolute Gasteiger partial charge is 0.369 e. The summed E-state index contributed by atoms with van der Waals surface area (Å²) in [6.07, 6.45) is 1.08. The third-order valence-electron chi connectivity index (χ3n) is 2.99. The van der Waals surface area contributed by atoms with Crippen LogP contribution in [-0.2, 0) is 14.4 Å². The summed E-state index contributed by atoms with van der Waals surface area (Å²) in [7, 11) is 0. The molecule has 3 unspecified atom stereocenters. The van der Waals surface area contributed by atoms with Crippen molar-refractivity contribution in [3.8, 4) is 0 Å². The van der Waals surface area contributed by atoms with E-state index >= 15 is 0 Å². The molecule has 17 heavy (non-hydrogen) atoms. The van der Waals surface area contributed by atoms with Gasteiger partial charge in [-0.1, -0.05) is 13.8 Å². The van der Waals surface area contributed by atoms with Crippen molar-refractivity contribution in [2.45, 2.75) is 33.1 Å². The van der Waals surface area contributed by atoms with Crippen molar-refractivity contribution in [3.63, 3.8) is 0 Å². The van der Waals surface area contributed by atoms with Crippen molar-refractivity contribution in [2.75, 3.05) is 0 Å². The Hall–Kier alpha value is -1.59. The lowest BCUT2D eigenvalue weighted by Gasteiger charge is -2.20. The molecule has 0 aliphatic heterocycles. The zero-order valence-electron chi connectivity index (χ0n) is 10.3. The Morgan fingerprint density at radius 1 is 0.882 bits per heavy atom. The Kier molecular flexibility index (Phi) is 6.23. The highest BCUT2D eigenvalue weighted by Crippen LogP contribution is 2.22. The van der Waals surface area contributed by atoms with E-state index in [-0.39, 0.29) is 12.8 Å². The summed E-state index contributed by atoms with van der Waals surface area (Å²) in [4.78, 5) is 33.3.